The number of pyridine rings is 1. The van der Waals surface area contributed by atoms with Gasteiger partial charge in [-0.15, -0.1) is 0 Å². The first-order valence-electron chi connectivity index (χ1n) is 8.09. The zero-order valence-corrected chi connectivity index (χ0v) is 13.7. The molecule has 2 aromatic rings. The highest BCUT2D eigenvalue weighted by atomic mass is 16.2. The van der Waals surface area contributed by atoms with E-state index in [1.54, 1.807) is 23.3 Å². The summed E-state index contributed by atoms with van der Waals surface area (Å²) in [5.41, 5.74) is 1.87. The van der Waals surface area contributed by atoms with Crippen LogP contribution in [0.2, 0.25) is 0 Å². The Morgan fingerprint density at radius 1 is 1.38 bits per heavy atom. The van der Waals surface area contributed by atoms with E-state index in [0.29, 0.717) is 6.54 Å². The van der Waals surface area contributed by atoms with Gasteiger partial charge in [0.1, 0.15) is 6.54 Å². The van der Waals surface area contributed by atoms with E-state index in [4.69, 9.17) is 0 Å². The van der Waals surface area contributed by atoms with Crippen LogP contribution in [-0.4, -0.2) is 38.0 Å². The van der Waals surface area contributed by atoms with Crippen molar-refractivity contribution in [3.8, 4) is 0 Å². The van der Waals surface area contributed by atoms with E-state index in [9.17, 15) is 9.59 Å². The second-order valence-electron chi connectivity index (χ2n) is 5.94. The molecular formula is C17H21N5O2. The highest BCUT2D eigenvalue weighted by molar-refractivity contribution is 5.76. The summed E-state index contributed by atoms with van der Waals surface area (Å²) in [7, 11) is 0. The number of nitrogens with zero attached hydrogens (tertiary/aromatic N) is 4. The van der Waals surface area contributed by atoms with Gasteiger partial charge in [0.25, 0.3) is 0 Å². The van der Waals surface area contributed by atoms with E-state index in [1.807, 2.05) is 23.1 Å². The maximum atomic E-state index is 12.6. The number of likely N-dealkylation sites (tertiary alicyclic amines) is 1. The van der Waals surface area contributed by atoms with Crippen molar-refractivity contribution in [1.29, 1.82) is 0 Å². The summed E-state index contributed by atoms with van der Waals surface area (Å²) >= 11 is 0. The fourth-order valence-corrected chi connectivity index (χ4v) is 3.05. The Balaban J connectivity index is 1.71. The largest absolute Gasteiger partial charge is 0.351 e. The standard InChI is InChI=1S/C17H21N5O2/c1-13(23)19-11-15-10-14(5-7-18-15)16-4-2-9-22(16)17(24)12-21-8-3-6-20-21/h3,5-8,10,16H,2,4,9,11-12H2,1H3,(H,19,23). The molecular weight excluding hydrogens is 306 g/mol. The SMILES string of the molecule is CC(=O)NCc1cc(C2CCCN2C(=O)Cn2cccn2)ccn1. The lowest BCUT2D eigenvalue weighted by Gasteiger charge is -2.25. The number of rotatable bonds is 5. The minimum absolute atomic E-state index is 0.0622. The van der Waals surface area contributed by atoms with Gasteiger partial charge < -0.3 is 10.2 Å². The Morgan fingerprint density at radius 2 is 2.25 bits per heavy atom. The fourth-order valence-electron chi connectivity index (χ4n) is 3.05. The van der Waals surface area contributed by atoms with Crippen LogP contribution >= 0.6 is 0 Å². The minimum Gasteiger partial charge on any atom is -0.351 e. The molecule has 7 nitrogen and oxygen atoms in total. The molecule has 3 heterocycles. The van der Waals surface area contributed by atoms with Crippen molar-refractivity contribution < 1.29 is 9.59 Å². The maximum absolute atomic E-state index is 12.6. The van der Waals surface area contributed by atoms with E-state index >= 15 is 0 Å². The van der Waals surface area contributed by atoms with Gasteiger partial charge in [0, 0.05) is 32.1 Å². The third-order valence-corrected chi connectivity index (χ3v) is 4.17. The zero-order valence-electron chi connectivity index (χ0n) is 13.7. The monoisotopic (exact) mass is 327 g/mol. The predicted molar refractivity (Wildman–Crippen MR) is 87.7 cm³/mol. The molecule has 2 aromatic heterocycles. The topological polar surface area (TPSA) is 80.1 Å². The number of nitrogens with one attached hydrogen (secondary N) is 1. The molecule has 1 N–H and O–H groups in total. The quantitative estimate of drug-likeness (QED) is 0.897. The Morgan fingerprint density at radius 3 is 3.00 bits per heavy atom. The fraction of sp³-hybridized carbons (Fsp3) is 0.412. The Hall–Kier alpha value is -2.70. The summed E-state index contributed by atoms with van der Waals surface area (Å²) in [5.74, 6) is -0.0134. The molecule has 0 aliphatic carbocycles. The molecule has 1 fully saturated rings. The number of amides is 2. The van der Waals surface area contributed by atoms with Crippen LogP contribution in [0.1, 0.15) is 37.1 Å². The van der Waals surface area contributed by atoms with Crippen molar-refractivity contribution in [3.63, 3.8) is 0 Å². The Labute approximate surface area is 140 Å². The van der Waals surface area contributed by atoms with E-state index in [2.05, 4.69) is 15.4 Å². The van der Waals surface area contributed by atoms with Crippen molar-refractivity contribution >= 4 is 11.8 Å². The van der Waals surface area contributed by atoms with Gasteiger partial charge in [0.05, 0.1) is 18.3 Å². The van der Waals surface area contributed by atoms with E-state index < -0.39 is 0 Å². The molecule has 24 heavy (non-hydrogen) atoms. The molecule has 1 unspecified atom stereocenters. The molecule has 3 rings (SSSR count). The highest BCUT2D eigenvalue weighted by Gasteiger charge is 2.30. The lowest BCUT2D eigenvalue weighted by molar-refractivity contribution is -0.133. The summed E-state index contributed by atoms with van der Waals surface area (Å²) < 4.78 is 1.65. The molecule has 2 amide bonds. The number of carbonyl (C=O) groups is 2. The van der Waals surface area contributed by atoms with Crippen molar-refractivity contribution in [2.45, 2.75) is 38.9 Å². The number of hydrogen-bond donors (Lipinski definition) is 1. The van der Waals surface area contributed by atoms with Crippen LogP contribution in [0.4, 0.5) is 0 Å². The summed E-state index contributed by atoms with van der Waals surface area (Å²) in [6.07, 6.45) is 7.13. The van der Waals surface area contributed by atoms with Gasteiger partial charge in [-0.3, -0.25) is 19.3 Å². The molecule has 0 spiro atoms. The molecule has 0 saturated carbocycles. The summed E-state index contributed by atoms with van der Waals surface area (Å²) in [6, 6.07) is 5.79. The Bertz CT molecular complexity index is 714. The minimum atomic E-state index is -0.0842. The second-order valence-corrected chi connectivity index (χ2v) is 5.94. The summed E-state index contributed by atoms with van der Waals surface area (Å²) in [6.45, 7) is 2.90. The molecule has 1 atom stereocenters. The normalized spacial score (nSPS) is 17.0. The molecule has 0 bridgehead atoms. The van der Waals surface area contributed by atoms with Gasteiger partial charge >= 0.3 is 0 Å². The van der Waals surface area contributed by atoms with Gasteiger partial charge in [-0.2, -0.15) is 5.10 Å². The smallest absolute Gasteiger partial charge is 0.244 e. The van der Waals surface area contributed by atoms with Crippen LogP contribution in [0.25, 0.3) is 0 Å². The van der Waals surface area contributed by atoms with Gasteiger partial charge in [0.15, 0.2) is 0 Å². The van der Waals surface area contributed by atoms with Gasteiger partial charge in [-0.1, -0.05) is 0 Å². The van der Waals surface area contributed by atoms with Crippen LogP contribution in [0.5, 0.6) is 0 Å². The number of hydrogen-bond acceptors (Lipinski definition) is 4. The molecule has 1 aliphatic heterocycles. The summed E-state index contributed by atoms with van der Waals surface area (Å²) in [5, 5.41) is 6.85. The number of aromatic nitrogens is 3. The van der Waals surface area contributed by atoms with Crippen LogP contribution < -0.4 is 5.32 Å². The molecule has 1 aliphatic rings. The third-order valence-electron chi connectivity index (χ3n) is 4.17. The highest BCUT2D eigenvalue weighted by Crippen LogP contribution is 2.32. The predicted octanol–water partition coefficient (Wildman–Crippen LogP) is 1.28. The first-order valence-corrected chi connectivity index (χ1v) is 8.09. The van der Waals surface area contributed by atoms with Crippen molar-refractivity contribution in [1.82, 2.24) is 25.0 Å². The molecule has 0 aromatic carbocycles. The van der Waals surface area contributed by atoms with Crippen molar-refractivity contribution in [2.75, 3.05) is 6.54 Å². The zero-order chi connectivity index (χ0) is 16.9. The second kappa shape index (κ2) is 7.25. The van der Waals surface area contributed by atoms with Crippen LogP contribution in [0.3, 0.4) is 0 Å². The summed E-state index contributed by atoms with van der Waals surface area (Å²) in [4.78, 5) is 29.8. The Kier molecular flexibility index (Phi) is 4.88. The third kappa shape index (κ3) is 3.79. The molecule has 0 radical (unpaired) electrons. The first kappa shape index (κ1) is 16.2. The van der Waals surface area contributed by atoms with Crippen LogP contribution in [0.15, 0.2) is 36.8 Å². The van der Waals surface area contributed by atoms with Gasteiger partial charge in [-0.05, 0) is 36.6 Å². The average Bonchev–Trinajstić information content (AvgIpc) is 3.24. The van der Waals surface area contributed by atoms with Crippen LogP contribution in [0, 0.1) is 0 Å². The van der Waals surface area contributed by atoms with Crippen molar-refractivity contribution in [3.05, 3.63) is 48.0 Å². The molecule has 7 heteroatoms. The lowest BCUT2D eigenvalue weighted by atomic mass is 10.0. The van der Waals surface area contributed by atoms with Crippen molar-refractivity contribution in [2.24, 2.45) is 0 Å². The first-order chi connectivity index (χ1) is 11.6. The van der Waals surface area contributed by atoms with Crippen LogP contribution in [-0.2, 0) is 22.7 Å². The van der Waals surface area contributed by atoms with Gasteiger partial charge in [-0.25, -0.2) is 0 Å². The van der Waals surface area contributed by atoms with Gasteiger partial charge in [0.2, 0.25) is 11.8 Å². The van der Waals surface area contributed by atoms with E-state index in [-0.39, 0.29) is 24.4 Å². The van der Waals surface area contributed by atoms with E-state index in [0.717, 1.165) is 30.6 Å². The van der Waals surface area contributed by atoms with E-state index in [1.165, 1.54) is 6.92 Å². The average molecular weight is 327 g/mol. The molecule has 126 valence electrons. The molecule has 1 saturated heterocycles. The number of carbonyl (C=O) groups excluding carboxylic acids is 2. The maximum Gasteiger partial charge on any atom is 0.244 e. The lowest BCUT2D eigenvalue weighted by Crippen LogP contribution is -2.33.